The Hall–Kier alpha value is -2.34. The highest BCUT2D eigenvalue weighted by atomic mass is 14.3. The zero-order valence-electron chi connectivity index (χ0n) is 19.0. The maximum Gasteiger partial charge on any atom is -0.00805 e. The molecule has 0 saturated heterocycles. The molecule has 0 aliphatic heterocycles. The molecule has 0 heterocycles. The lowest BCUT2D eigenvalue weighted by molar-refractivity contribution is 0.684. The molecule has 3 aromatic carbocycles. The number of unbranched alkanes of at least 4 members (excludes halogenated alkanes) is 2. The van der Waals surface area contributed by atoms with E-state index in [9.17, 15) is 0 Å². The van der Waals surface area contributed by atoms with E-state index in [1.165, 1.54) is 70.2 Å². The van der Waals surface area contributed by atoms with E-state index in [2.05, 4.69) is 81.4 Å². The number of rotatable bonds is 7. The van der Waals surface area contributed by atoms with Crippen LogP contribution < -0.4 is 0 Å². The van der Waals surface area contributed by atoms with Gasteiger partial charge in [0.25, 0.3) is 0 Å². The van der Waals surface area contributed by atoms with Gasteiger partial charge in [0.05, 0.1) is 0 Å². The molecular formula is C30H36. The van der Waals surface area contributed by atoms with Crippen LogP contribution in [0.3, 0.4) is 0 Å². The zero-order valence-corrected chi connectivity index (χ0v) is 19.0. The summed E-state index contributed by atoms with van der Waals surface area (Å²) in [7, 11) is 0. The first-order valence-electron chi connectivity index (χ1n) is 12.0. The number of fused-ring (bicyclic) bond motifs is 3. The molecule has 0 heteroatoms. The minimum Gasteiger partial charge on any atom is -0.0654 e. The molecule has 3 aromatic rings. The van der Waals surface area contributed by atoms with E-state index in [-0.39, 0.29) is 0 Å². The standard InChI is InChI=1S/C30H36/c1-4-7-8-11-22-14-17-30-28(18-22)21-27(20-26-12-9-10-13-29(26)30)25-16-15-23(5-2)24(6-3)19-25/h9-10,12-19,27H,4-8,11,20-21H2,1-3H3. The first kappa shape index (κ1) is 20.9. The summed E-state index contributed by atoms with van der Waals surface area (Å²) in [6, 6.07) is 23.6. The van der Waals surface area contributed by atoms with Crippen LogP contribution in [0.5, 0.6) is 0 Å². The van der Waals surface area contributed by atoms with E-state index in [0.29, 0.717) is 5.92 Å². The van der Waals surface area contributed by atoms with E-state index < -0.39 is 0 Å². The SMILES string of the molecule is CCCCCc1ccc2c(c1)CC(c1ccc(CC)c(CC)c1)Cc1ccccc1-2. The van der Waals surface area contributed by atoms with Crippen LogP contribution in [0.25, 0.3) is 11.1 Å². The molecule has 156 valence electrons. The van der Waals surface area contributed by atoms with Gasteiger partial charge in [-0.1, -0.05) is 94.3 Å². The van der Waals surface area contributed by atoms with E-state index in [1.807, 2.05) is 0 Å². The molecule has 0 saturated carbocycles. The van der Waals surface area contributed by atoms with E-state index in [0.717, 1.165) is 25.7 Å². The van der Waals surface area contributed by atoms with Gasteiger partial charge in [0.15, 0.2) is 0 Å². The molecule has 0 aromatic heterocycles. The third-order valence-corrected chi connectivity index (χ3v) is 6.94. The lowest BCUT2D eigenvalue weighted by atomic mass is 9.86. The summed E-state index contributed by atoms with van der Waals surface area (Å²) in [5, 5.41) is 0. The third kappa shape index (κ3) is 4.38. The molecule has 0 N–H and O–H groups in total. The fourth-order valence-corrected chi connectivity index (χ4v) is 5.19. The predicted octanol–water partition coefficient (Wildman–Crippen LogP) is 8.09. The van der Waals surface area contributed by atoms with Crippen LogP contribution in [-0.4, -0.2) is 0 Å². The molecule has 0 amide bonds. The van der Waals surface area contributed by atoms with Crippen molar-refractivity contribution in [1.29, 1.82) is 0 Å². The van der Waals surface area contributed by atoms with Crippen LogP contribution in [0.2, 0.25) is 0 Å². The smallest absolute Gasteiger partial charge is 0.00805 e. The Morgan fingerprint density at radius 3 is 2.27 bits per heavy atom. The number of aryl methyl sites for hydroxylation is 3. The monoisotopic (exact) mass is 396 g/mol. The maximum absolute atomic E-state index is 2.52. The normalized spacial score (nSPS) is 15.4. The second-order valence-electron chi connectivity index (χ2n) is 8.95. The highest BCUT2D eigenvalue weighted by molar-refractivity contribution is 5.72. The van der Waals surface area contributed by atoms with Crippen molar-refractivity contribution in [2.75, 3.05) is 0 Å². The van der Waals surface area contributed by atoms with Crippen LogP contribution >= 0.6 is 0 Å². The Bertz CT molecular complexity index is 995. The Labute approximate surface area is 183 Å². The van der Waals surface area contributed by atoms with Crippen LogP contribution in [0.1, 0.15) is 79.3 Å². The van der Waals surface area contributed by atoms with Gasteiger partial charge in [-0.3, -0.25) is 0 Å². The van der Waals surface area contributed by atoms with Crippen molar-refractivity contribution in [3.8, 4) is 11.1 Å². The molecule has 1 aliphatic carbocycles. The van der Waals surface area contributed by atoms with Crippen molar-refractivity contribution in [3.05, 3.63) is 94.0 Å². The fourth-order valence-electron chi connectivity index (χ4n) is 5.19. The Morgan fingerprint density at radius 1 is 0.700 bits per heavy atom. The molecule has 30 heavy (non-hydrogen) atoms. The zero-order chi connectivity index (χ0) is 20.9. The van der Waals surface area contributed by atoms with Crippen molar-refractivity contribution in [3.63, 3.8) is 0 Å². The molecule has 1 unspecified atom stereocenters. The number of hydrogen-bond donors (Lipinski definition) is 0. The van der Waals surface area contributed by atoms with Gasteiger partial charge in [-0.2, -0.15) is 0 Å². The van der Waals surface area contributed by atoms with Gasteiger partial charge in [-0.05, 0) is 89.0 Å². The Morgan fingerprint density at radius 2 is 1.47 bits per heavy atom. The van der Waals surface area contributed by atoms with Crippen LogP contribution in [0.15, 0.2) is 60.7 Å². The number of benzene rings is 3. The minimum absolute atomic E-state index is 0.550. The molecule has 0 bridgehead atoms. The predicted molar refractivity (Wildman–Crippen MR) is 130 cm³/mol. The van der Waals surface area contributed by atoms with Gasteiger partial charge < -0.3 is 0 Å². The fraction of sp³-hybridized carbons (Fsp3) is 0.400. The molecular weight excluding hydrogens is 360 g/mol. The summed E-state index contributed by atoms with van der Waals surface area (Å²) in [5.74, 6) is 0.550. The van der Waals surface area contributed by atoms with Gasteiger partial charge in [-0.15, -0.1) is 0 Å². The summed E-state index contributed by atoms with van der Waals surface area (Å²) in [5.41, 5.74) is 12.0. The molecule has 4 rings (SSSR count). The lowest BCUT2D eigenvalue weighted by Gasteiger charge is -2.19. The van der Waals surface area contributed by atoms with Gasteiger partial charge in [0, 0.05) is 0 Å². The molecule has 0 radical (unpaired) electrons. The van der Waals surface area contributed by atoms with Crippen molar-refractivity contribution in [1.82, 2.24) is 0 Å². The number of hydrogen-bond acceptors (Lipinski definition) is 0. The van der Waals surface area contributed by atoms with Crippen molar-refractivity contribution in [2.24, 2.45) is 0 Å². The molecule has 0 nitrogen and oxygen atoms in total. The highest BCUT2D eigenvalue weighted by Gasteiger charge is 2.23. The largest absolute Gasteiger partial charge is 0.0654 e. The molecule has 0 fully saturated rings. The third-order valence-electron chi connectivity index (χ3n) is 6.94. The Balaban J connectivity index is 1.74. The summed E-state index contributed by atoms with van der Waals surface area (Å²) in [6.07, 6.45) is 9.64. The van der Waals surface area contributed by atoms with E-state index >= 15 is 0 Å². The molecule has 1 aliphatic rings. The minimum atomic E-state index is 0.550. The Kier molecular flexibility index (Phi) is 6.72. The van der Waals surface area contributed by atoms with Crippen LogP contribution in [0, 0.1) is 0 Å². The van der Waals surface area contributed by atoms with Crippen molar-refractivity contribution in [2.45, 2.75) is 78.1 Å². The average Bonchev–Trinajstić information content (AvgIpc) is 2.95. The average molecular weight is 397 g/mol. The van der Waals surface area contributed by atoms with E-state index in [4.69, 9.17) is 0 Å². The van der Waals surface area contributed by atoms with Gasteiger partial charge in [-0.25, -0.2) is 0 Å². The van der Waals surface area contributed by atoms with Crippen LogP contribution in [0.4, 0.5) is 0 Å². The van der Waals surface area contributed by atoms with Crippen molar-refractivity contribution < 1.29 is 0 Å². The van der Waals surface area contributed by atoms with Gasteiger partial charge >= 0.3 is 0 Å². The second-order valence-corrected chi connectivity index (χ2v) is 8.95. The topological polar surface area (TPSA) is 0 Å². The first-order chi connectivity index (χ1) is 14.7. The molecule has 1 atom stereocenters. The second kappa shape index (κ2) is 9.65. The summed E-state index contributed by atoms with van der Waals surface area (Å²) in [4.78, 5) is 0. The quantitative estimate of drug-likeness (QED) is 0.354. The maximum atomic E-state index is 2.52. The lowest BCUT2D eigenvalue weighted by Crippen LogP contribution is -2.07. The summed E-state index contributed by atoms with van der Waals surface area (Å²) < 4.78 is 0. The van der Waals surface area contributed by atoms with Crippen LogP contribution in [-0.2, 0) is 32.1 Å². The van der Waals surface area contributed by atoms with E-state index in [1.54, 1.807) is 0 Å². The van der Waals surface area contributed by atoms with Gasteiger partial charge in [0.1, 0.15) is 0 Å². The highest BCUT2D eigenvalue weighted by Crippen LogP contribution is 2.39. The summed E-state index contributed by atoms with van der Waals surface area (Å²) >= 11 is 0. The van der Waals surface area contributed by atoms with Gasteiger partial charge in [0.2, 0.25) is 0 Å². The molecule has 0 spiro atoms. The summed E-state index contributed by atoms with van der Waals surface area (Å²) in [6.45, 7) is 6.85. The van der Waals surface area contributed by atoms with Crippen molar-refractivity contribution >= 4 is 0 Å². The first-order valence-corrected chi connectivity index (χ1v) is 12.0.